The van der Waals surface area contributed by atoms with Gasteiger partial charge in [0, 0.05) is 14.1 Å². The fourth-order valence-corrected chi connectivity index (χ4v) is 17.6. The van der Waals surface area contributed by atoms with Gasteiger partial charge in [0.25, 0.3) is 30.1 Å². The molecule has 3 heterocycles. The first-order valence-corrected chi connectivity index (χ1v) is 33.6. The van der Waals surface area contributed by atoms with E-state index < -0.39 is 48.0 Å². The van der Waals surface area contributed by atoms with Crippen molar-refractivity contribution >= 4 is 127 Å². The minimum absolute atomic E-state index is 0. The molecule has 0 atom stereocenters. The summed E-state index contributed by atoms with van der Waals surface area (Å²) in [6.45, 7) is 10.1. The molecule has 0 unspecified atom stereocenters. The van der Waals surface area contributed by atoms with E-state index in [2.05, 4.69) is 9.46 Å². The summed E-state index contributed by atoms with van der Waals surface area (Å²) in [6.07, 6.45) is 0. The molecular weight excluding hydrogens is 1240 g/mol. The Morgan fingerprint density at radius 2 is 0.761 bits per heavy atom. The number of hydrogen-bond acceptors (Lipinski definition) is 15. The first-order chi connectivity index (χ1) is 41.5. The van der Waals surface area contributed by atoms with Gasteiger partial charge in [-0.2, -0.15) is 0 Å². The van der Waals surface area contributed by atoms with Crippen LogP contribution in [0.3, 0.4) is 0 Å². The van der Waals surface area contributed by atoms with Crippen molar-refractivity contribution in [2.45, 2.75) is 62.4 Å². The average molecular weight is 1300 g/mol. The summed E-state index contributed by atoms with van der Waals surface area (Å²) in [4.78, 5) is 34.5. The quantitative estimate of drug-likeness (QED) is 0.0707. The van der Waals surface area contributed by atoms with Gasteiger partial charge < -0.3 is 19.4 Å². The molecule has 0 aliphatic heterocycles. The first-order valence-electron chi connectivity index (χ1n) is 26.8. The predicted octanol–water partition coefficient (Wildman–Crippen LogP) is 10.8. The standard InChI is InChI=1S/C25H23NO4S2.C24H21NO4S2.C17H15NO4S2.Na/c1-17-8-10-19(11-9-17)16-26(24-18(2)22-6-4-5-7-23(22)31-24)32(28,29)21-14-12-20(13-15-21)25(27)30-3;1-16-7-9-18(10-8-16)15-25(23-17(2)21-5-3-4-6-22(21)30-23)31(28,29)20-13-11-19(12-14-20)24(26)27;1-11-14-5-3-4-6-15(14)23-16(11)18-24(20,21)13-9-7-12(8-10-13)17(19)22-2;/h4-15H,16H2,1-3H3;3-14H,15H2,1-2H3,(H,26,27);3-10,18H,1-2H3;/q;;;+1/p-1. The van der Waals surface area contributed by atoms with Gasteiger partial charge in [-0.25, -0.2) is 34.8 Å². The summed E-state index contributed by atoms with van der Waals surface area (Å²) in [5, 5.41) is 16.1. The number of benzene rings is 8. The maximum Gasteiger partial charge on any atom is 1.00 e. The van der Waals surface area contributed by atoms with E-state index >= 15 is 0 Å². The average Bonchev–Trinajstić information content (AvgIpc) is 1.77. The molecule has 0 bridgehead atoms. The summed E-state index contributed by atoms with van der Waals surface area (Å²) >= 11 is 4.28. The second-order valence-electron chi connectivity index (χ2n) is 20.1. The third-order valence-electron chi connectivity index (χ3n) is 14.2. The Hall–Kier alpha value is -7.70. The number of nitrogens with zero attached hydrogens (tertiary/aromatic N) is 2. The zero-order valence-corrected chi connectivity index (χ0v) is 56.0. The van der Waals surface area contributed by atoms with Gasteiger partial charge in [0.15, 0.2) is 0 Å². The van der Waals surface area contributed by atoms with Crippen molar-refractivity contribution in [2.24, 2.45) is 0 Å². The topological polar surface area (TPSA) is 214 Å². The van der Waals surface area contributed by atoms with Gasteiger partial charge in [-0.05, 0) is 163 Å². The van der Waals surface area contributed by atoms with E-state index in [1.165, 1.54) is 130 Å². The Bertz CT molecular complexity index is 4680. The number of anilines is 3. The maximum absolute atomic E-state index is 13.8. The third kappa shape index (κ3) is 14.7. The number of rotatable bonds is 16. The number of esters is 2. The molecule has 11 aromatic rings. The number of aryl methyl sites for hydroxylation is 5. The molecule has 1 N–H and O–H groups in total. The van der Waals surface area contributed by atoms with Crippen molar-refractivity contribution < 1.29 is 83.8 Å². The summed E-state index contributed by atoms with van der Waals surface area (Å²) in [6, 6.07) is 55.7. The Morgan fingerprint density at radius 1 is 0.432 bits per heavy atom. The predicted molar refractivity (Wildman–Crippen MR) is 346 cm³/mol. The maximum atomic E-state index is 13.8. The Labute approximate surface area is 545 Å². The number of methoxy groups -OCH3 is 2. The number of ether oxygens (including phenoxy) is 2. The number of hydrogen-bond donors (Lipinski definition) is 1. The van der Waals surface area contributed by atoms with Crippen LogP contribution in [0.15, 0.2) is 209 Å². The van der Waals surface area contributed by atoms with E-state index in [0.29, 0.717) is 26.1 Å². The fraction of sp³-hybridized carbons (Fsp3) is 0.136. The number of aromatic carboxylic acids is 1. The Balaban J connectivity index is 0.000000172. The molecule has 11 rings (SSSR count). The van der Waals surface area contributed by atoms with Gasteiger partial charge in [-0.1, -0.05) is 126 Å². The number of carboxylic acid groups (broad SMARTS) is 1. The van der Waals surface area contributed by atoms with Gasteiger partial charge >= 0.3 is 41.5 Å². The van der Waals surface area contributed by atoms with Crippen molar-refractivity contribution in [3.63, 3.8) is 0 Å². The third-order valence-corrected chi connectivity index (χ3v) is 23.2. The van der Waals surface area contributed by atoms with Crippen LogP contribution in [0.4, 0.5) is 15.0 Å². The van der Waals surface area contributed by atoms with E-state index in [4.69, 9.17) is 4.74 Å². The van der Waals surface area contributed by atoms with Gasteiger partial charge in [0.1, 0.15) is 15.0 Å². The number of fused-ring (bicyclic) bond motifs is 3. The number of nitrogens with one attached hydrogen (secondary N) is 1. The molecule has 0 spiro atoms. The second-order valence-corrected chi connectivity index (χ2v) is 28.6. The van der Waals surface area contributed by atoms with Crippen LogP contribution in [-0.2, 0) is 52.6 Å². The van der Waals surface area contributed by atoms with Gasteiger partial charge in [0.2, 0.25) is 0 Å². The molecule has 0 aliphatic carbocycles. The van der Waals surface area contributed by atoms with E-state index in [0.717, 1.165) is 69.2 Å². The SMILES string of the molecule is COC(=O)c1ccc(S(=O)(=O)N(Cc2ccc(C)cc2)c2sc3ccccc3c2C)cc1.COC(=O)c1ccc(S(=O)(=O)Nc2sc3ccccc3c2C)cc1.Cc1ccc(CN(c2sc3ccccc3c2C)S(=O)(=O)c2ccc(C(=O)[O-])cc2)cc1.[Na+]. The molecule has 3 aromatic heterocycles. The number of sulfonamides is 3. The molecule has 0 saturated heterocycles. The zero-order chi connectivity index (χ0) is 62.4. The van der Waals surface area contributed by atoms with Crippen molar-refractivity contribution in [2.75, 3.05) is 27.6 Å². The van der Waals surface area contributed by atoms with Crippen LogP contribution in [0.25, 0.3) is 30.3 Å². The molecule has 0 radical (unpaired) electrons. The minimum Gasteiger partial charge on any atom is -0.545 e. The van der Waals surface area contributed by atoms with Crippen LogP contribution >= 0.6 is 34.0 Å². The number of carboxylic acids is 1. The van der Waals surface area contributed by atoms with Crippen molar-refractivity contribution in [3.8, 4) is 0 Å². The molecule has 88 heavy (non-hydrogen) atoms. The summed E-state index contributed by atoms with van der Waals surface area (Å²) < 4.78 is 98.0. The largest absolute Gasteiger partial charge is 1.00 e. The van der Waals surface area contributed by atoms with Crippen molar-refractivity contribution in [1.82, 2.24) is 0 Å². The summed E-state index contributed by atoms with van der Waals surface area (Å²) in [5.74, 6) is -2.36. The van der Waals surface area contributed by atoms with Crippen LogP contribution in [-0.4, -0.2) is 57.4 Å². The van der Waals surface area contributed by atoms with E-state index in [-0.39, 0.29) is 62.9 Å². The number of carbonyl (C=O) groups is 3. The molecular formula is C66H58N3NaO12S6. The second kappa shape index (κ2) is 28.2. The van der Waals surface area contributed by atoms with Crippen LogP contribution in [0, 0.1) is 34.6 Å². The molecule has 0 amide bonds. The molecule has 0 saturated carbocycles. The van der Waals surface area contributed by atoms with Gasteiger partial charge in [0.05, 0.1) is 59.1 Å². The number of carbonyl (C=O) groups excluding carboxylic acids is 3. The van der Waals surface area contributed by atoms with Crippen molar-refractivity contribution in [1.29, 1.82) is 0 Å². The summed E-state index contributed by atoms with van der Waals surface area (Å²) in [5.41, 5.74) is 7.19. The molecule has 0 aliphatic rings. The van der Waals surface area contributed by atoms with Crippen LogP contribution < -0.4 is 48.0 Å². The number of thiophene rings is 3. The Morgan fingerprint density at radius 3 is 1.10 bits per heavy atom. The van der Waals surface area contributed by atoms with Crippen LogP contribution in [0.5, 0.6) is 0 Å². The van der Waals surface area contributed by atoms with E-state index in [9.17, 15) is 44.7 Å². The van der Waals surface area contributed by atoms with Gasteiger partial charge in [-0.15, -0.1) is 34.0 Å². The van der Waals surface area contributed by atoms with Gasteiger partial charge in [-0.3, -0.25) is 13.3 Å². The van der Waals surface area contributed by atoms with E-state index in [1.54, 1.807) is 0 Å². The van der Waals surface area contributed by atoms with E-state index in [1.807, 2.05) is 156 Å². The molecule has 8 aromatic carbocycles. The minimum atomic E-state index is -3.94. The first kappa shape index (κ1) is 66.3. The molecule has 0 fully saturated rings. The molecule has 446 valence electrons. The smallest absolute Gasteiger partial charge is 0.545 e. The van der Waals surface area contributed by atoms with Crippen molar-refractivity contribution in [3.05, 3.63) is 250 Å². The summed E-state index contributed by atoms with van der Waals surface area (Å²) in [7, 11) is -8.99. The monoisotopic (exact) mass is 1300 g/mol. The molecule has 15 nitrogen and oxygen atoms in total. The zero-order valence-electron chi connectivity index (χ0n) is 49.1. The van der Waals surface area contributed by atoms with Crippen LogP contribution in [0.1, 0.15) is 70.0 Å². The van der Waals surface area contributed by atoms with Crippen LogP contribution in [0.2, 0.25) is 0 Å². The normalized spacial score (nSPS) is 11.4. The Kier molecular flexibility index (Phi) is 21.2. The fourth-order valence-electron chi connectivity index (χ4n) is 9.29. The molecule has 22 heteroatoms.